The zero-order chi connectivity index (χ0) is 21.8. The van der Waals surface area contributed by atoms with E-state index < -0.39 is 0 Å². The van der Waals surface area contributed by atoms with Crippen LogP contribution in [0.25, 0.3) is 0 Å². The van der Waals surface area contributed by atoms with Gasteiger partial charge in [-0.05, 0) is 37.6 Å². The van der Waals surface area contributed by atoms with E-state index in [1.165, 1.54) is 35.9 Å². The highest BCUT2D eigenvalue weighted by molar-refractivity contribution is 7.99. The summed E-state index contributed by atoms with van der Waals surface area (Å²) >= 11 is 1.51. The summed E-state index contributed by atoms with van der Waals surface area (Å²) < 4.78 is 0. The molecule has 1 fully saturated rings. The Bertz CT molecular complexity index is 1100. The summed E-state index contributed by atoms with van der Waals surface area (Å²) in [6, 6.07) is 9.85. The van der Waals surface area contributed by atoms with E-state index in [1.54, 1.807) is 22.1 Å². The summed E-state index contributed by atoms with van der Waals surface area (Å²) in [5.41, 5.74) is 3.26. The first-order chi connectivity index (χ1) is 15.0. The molecule has 158 valence electrons. The number of aromatic nitrogens is 3. The molecule has 1 aromatic carbocycles. The largest absolute Gasteiger partial charge is 0.335 e. The number of benzene rings is 1. The Labute approximate surface area is 185 Å². The second kappa shape index (κ2) is 9.26. The van der Waals surface area contributed by atoms with Crippen LogP contribution in [0.4, 0.5) is 0 Å². The van der Waals surface area contributed by atoms with Gasteiger partial charge in [-0.2, -0.15) is 0 Å². The molecule has 3 heterocycles. The SMILES string of the molecule is Cc1ccc(Sc2ncccc2C(=O)N2CCN(C(=O)c3cnccn3)CC2)c(C)c1. The van der Waals surface area contributed by atoms with Crippen molar-refractivity contribution in [1.82, 2.24) is 24.8 Å². The van der Waals surface area contributed by atoms with Crippen LogP contribution in [0.5, 0.6) is 0 Å². The summed E-state index contributed by atoms with van der Waals surface area (Å²) in [4.78, 5) is 42.9. The zero-order valence-electron chi connectivity index (χ0n) is 17.5. The van der Waals surface area contributed by atoms with E-state index in [2.05, 4.69) is 47.0 Å². The van der Waals surface area contributed by atoms with Crippen molar-refractivity contribution >= 4 is 23.6 Å². The van der Waals surface area contributed by atoms with Crippen molar-refractivity contribution in [1.29, 1.82) is 0 Å². The molecule has 0 spiro atoms. The van der Waals surface area contributed by atoms with E-state index in [1.807, 2.05) is 6.07 Å². The highest BCUT2D eigenvalue weighted by atomic mass is 32.2. The van der Waals surface area contributed by atoms with E-state index >= 15 is 0 Å². The van der Waals surface area contributed by atoms with Crippen molar-refractivity contribution in [3.8, 4) is 0 Å². The smallest absolute Gasteiger partial charge is 0.274 e. The number of piperazine rings is 1. The maximum Gasteiger partial charge on any atom is 0.274 e. The first kappa shape index (κ1) is 21.0. The number of hydrogen-bond acceptors (Lipinski definition) is 6. The Morgan fingerprint density at radius 2 is 1.65 bits per heavy atom. The third kappa shape index (κ3) is 4.74. The van der Waals surface area contributed by atoms with Gasteiger partial charge >= 0.3 is 0 Å². The van der Waals surface area contributed by atoms with Gasteiger partial charge in [-0.25, -0.2) is 9.97 Å². The highest BCUT2D eigenvalue weighted by Crippen LogP contribution is 2.32. The Morgan fingerprint density at radius 3 is 2.32 bits per heavy atom. The van der Waals surface area contributed by atoms with Crippen LogP contribution in [0.1, 0.15) is 32.0 Å². The number of hydrogen-bond donors (Lipinski definition) is 0. The molecular formula is C23H23N5O2S. The maximum absolute atomic E-state index is 13.2. The zero-order valence-corrected chi connectivity index (χ0v) is 18.3. The van der Waals surface area contributed by atoms with Crippen LogP contribution in [-0.2, 0) is 0 Å². The van der Waals surface area contributed by atoms with Crippen LogP contribution in [-0.4, -0.2) is 62.7 Å². The van der Waals surface area contributed by atoms with Crippen LogP contribution in [0.3, 0.4) is 0 Å². The van der Waals surface area contributed by atoms with Crippen molar-refractivity contribution in [2.24, 2.45) is 0 Å². The molecule has 1 saturated heterocycles. The van der Waals surface area contributed by atoms with Gasteiger partial charge in [-0.15, -0.1) is 0 Å². The second-order valence-corrected chi connectivity index (χ2v) is 8.43. The van der Waals surface area contributed by atoms with E-state index in [9.17, 15) is 9.59 Å². The number of rotatable bonds is 4. The Hall–Kier alpha value is -3.26. The van der Waals surface area contributed by atoms with Crippen molar-refractivity contribution in [3.63, 3.8) is 0 Å². The third-order valence-electron chi connectivity index (χ3n) is 5.18. The fourth-order valence-electron chi connectivity index (χ4n) is 3.51. The molecule has 31 heavy (non-hydrogen) atoms. The second-order valence-electron chi connectivity index (χ2n) is 7.40. The number of amides is 2. The van der Waals surface area contributed by atoms with Crippen molar-refractivity contribution in [2.45, 2.75) is 23.8 Å². The molecule has 3 aromatic rings. The molecule has 0 N–H and O–H groups in total. The van der Waals surface area contributed by atoms with Gasteiger partial charge in [0.05, 0.1) is 11.8 Å². The van der Waals surface area contributed by atoms with Gasteiger partial charge in [0.15, 0.2) is 0 Å². The summed E-state index contributed by atoms with van der Waals surface area (Å²) in [6.07, 6.45) is 6.21. The molecular weight excluding hydrogens is 410 g/mol. The fourth-order valence-corrected chi connectivity index (χ4v) is 4.45. The minimum Gasteiger partial charge on any atom is -0.335 e. The first-order valence-electron chi connectivity index (χ1n) is 10.1. The lowest BCUT2D eigenvalue weighted by atomic mass is 10.2. The minimum atomic E-state index is -0.160. The van der Waals surface area contributed by atoms with Crippen LogP contribution in [0.2, 0.25) is 0 Å². The average Bonchev–Trinajstić information content (AvgIpc) is 2.81. The van der Waals surface area contributed by atoms with Crippen molar-refractivity contribution in [2.75, 3.05) is 26.2 Å². The summed E-state index contributed by atoms with van der Waals surface area (Å²) in [6.45, 7) is 5.97. The van der Waals surface area contributed by atoms with Gasteiger partial charge in [-0.3, -0.25) is 14.6 Å². The van der Waals surface area contributed by atoms with Crippen LogP contribution < -0.4 is 0 Å². The van der Waals surface area contributed by atoms with E-state index in [-0.39, 0.29) is 11.8 Å². The third-order valence-corrected chi connectivity index (χ3v) is 6.37. The summed E-state index contributed by atoms with van der Waals surface area (Å²) in [5, 5.41) is 0.692. The quantitative estimate of drug-likeness (QED) is 0.629. The molecule has 0 aliphatic carbocycles. The predicted octanol–water partition coefficient (Wildman–Crippen LogP) is 3.24. The Kier molecular flexibility index (Phi) is 6.27. The summed E-state index contributed by atoms with van der Waals surface area (Å²) in [7, 11) is 0. The Morgan fingerprint density at radius 1 is 0.903 bits per heavy atom. The van der Waals surface area contributed by atoms with E-state index in [0.717, 1.165) is 10.5 Å². The fraction of sp³-hybridized carbons (Fsp3) is 0.261. The number of aryl methyl sites for hydroxylation is 2. The molecule has 8 heteroatoms. The van der Waals surface area contributed by atoms with Gasteiger partial charge in [-0.1, -0.05) is 29.5 Å². The minimum absolute atomic E-state index is 0.0630. The van der Waals surface area contributed by atoms with Crippen molar-refractivity contribution in [3.05, 3.63) is 77.5 Å². The monoisotopic (exact) mass is 433 g/mol. The predicted molar refractivity (Wildman–Crippen MR) is 118 cm³/mol. The molecule has 7 nitrogen and oxygen atoms in total. The summed E-state index contributed by atoms with van der Waals surface area (Å²) in [5.74, 6) is -0.223. The van der Waals surface area contributed by atoms with Crippen LogP contribution in [0.15, 0.2) is 65.0 Å². The van der Waals surface area contributed by atoms with Gasteiger partial charge in [0, 0.05) is 49.7 Å². The van der Waals surface area contributed by atoms with Crippen LogP contribution >= 0.6 is 11.8 Å². The van der Waals surface area contributed by atoms with E-state index in [4.69, 9.17) is 0 Å². The molecule has 0 radical (unpaired) electrons. The molecule has 0 bridgehead atoms. The molecule has 0 saturated carbocycles. The molecule has 0 unspecified atom stereocenters. The molecule has 0 atom stereocenters. The van der Waals surface area contributed by atoms with E-state index in [0.29, 0.717) is 42.5 Å². The number of carbonyl (C=O) groups excluding carboxylic acids is 2. The lowest BCUT2D eigenvalue weighted by Crippen LogP contribution is -2.50. The average molecular weight is 434 g/mol. The molecule has 2 amide bonds. The lowest BCUT2D eigenvalue weighted by Gasteiger charge is -2.34. The molecule has 2 aromatic heterocycles. The number of nitrogens with zero attached hydrogens (tertiary/aromatic N) is 5. The Balaban J connectivity index is 1.45. The number of pyridine rings is 1. The van der Waals surface area contributed by atoms with Crippen LogP contribution in [0, 0.1) is 13.8 Å². The number of carbonyl (C=O) groups is 2. The maximum atomic E-state index is 13.2. The standard InChI is InChI=1S/C23H23N5O2S/c1-16-5-6-20(17(2)14-16)31-21-18(4-3-7-26-21)22(29)27-10-12-28(13-11-27)23(30)19-15-24-8-9-25-19/h3-9,14-15H,10-13H2,1-2H3. The van der Waals surface area contributed by atoms with Gasteiger partial charge in [0.25, 0.3) is 11.8 Å². The van der Waals surface area contributed by atoms with Crippen molar-refractivity contribution < 1.29 is 9.59 Å². The molecule has 1 aliphatic rings. The van der Waals surface area contributed by atoms with Gasteiger partial charge < -0.3 is 9.80 Å². The molecule has 1 aliphatic heterocycles. The van der Waals surface area contributed by atoms with Gasteiger partial charge in [0.2, 0.25) is 0 Å². The highest BCUT2D eigenvalue weighted by Gasteiger charge is 2.27. The normalized spacial score (nSPS) is 13.9. The molecule has 4 rings (SSSR count). The van der Waals surface area contributed by atoms with Gasteiger partial charge in [0.1, 0.15) is 10.7 Å². The first-order valence-corrected chi connectivity index (χ1v) is 10.9. The lowest BCUT2D eigenvalue weighted by molar-refractivity contribution is 0.0529. The topological polar surface area (TPSA) is 79.3 Å².